The lowest BCUT2D eigenvalue weighted by Gasteiger charge is -2.06. The third-order valence-electron chi connectivity index (χ3n) is 3.34. The molecule has 0 aliphatic carbocycles. The van der Waals surface area contributed by atoms with E-state index in [1.807, 2.05) is 0 Å². The summed E-state index contributed by atoms with van der Waals surface area (Å²) in [6.07, 6.45) is 3.42. The first kappa shape index (κ1) is 16.9. The summed E-state index contributed by atoms with van der Waals surface area (Å²) in [7, 11) is 0. The number of hydrogen-bond acceptors (Lipinski definition) is 5. The summed E-state index contributed by atoms with van der Waals surface area (Å²) in [5, 5.41) is 22.3. The minimum Gasteiger partial charge on any atom is -0.354 e. The third-order valence-corrected chi connectivity index (χ3v) is 3.54. The van der Waals surface area contributed by atoms with E-state index in [0.717, 1.165) is 0 Å². The van der Waals surface area contributed by atoms with Crippen LogP contribution < -0.4 is 5.32 Å². The average Bonchev–Trinajstić information content (AvgIpc) is 3.00. The molecule has 0 unspecified atom stereocenters. The monoisotopic (exact) mass is 340 g/mol. The fourth-order valence-electron chi connectivity index (χ4n) is 2.24. The zero-order chi connectivity index (χ0) is 17.0. The molecule has 0 aromatic carbocycles. The van der Waals surface area contributed by atoms with E-state index in [9.17, 15) is 14.9 Å². The van der Waals surface area contributed by atoms with Crippen LogP contribution in [0.3, 0.4) is 0 Å². The number of nitrogens with zero attached hydrogens (tertiary/aromatic N) is 5. The first-order valence-electron chi connectivity index (χ1n) is 7.01. The number of hydrogen-bond donors (Lipinski definition) is 1. The molecule has 9 nitrogen and oxygen atoms in total. The summed E-state index contributed by atoms with van der Waals surface area (Å²) in [6.45, 7) is 4.39. The van der Waals surface area contributed by atoms with Gasteiger partial charge in [-0.2, -0.15) is 10.2 Å². The quantitative estimate of drug-likeness (QED) is 0.606. The van der Waals surface area contributed by atoms with Crippen LogP contribution in [-0.2, 0) is 17.9 Å². The van der Waals surface area contributed by atoms with Gasteiger partial charge < -0.3 is 5.32 Å². The molecule has 2 heterocycles. The molecule has 0 aliphatic heterocycles. The number of aryl methyl sites for hydroxylation is 2. The van der Waals surface area contributed by atoms with Crippen LogP contribution in [0, 0.1) is 24.0 Å². The van der Waals surface area contributed by atoms with E-state index in [1.54, 1.807) is 24.7 Å². The Labute approximate surface area is 137 Å². The van der Waals surface area contributed by atoms with Crippen molar-refractivity contribution in [1.82, 2.24) is 24.9 Å². The number of nitro groups is 1. The molecule has 2 rings (SSSR count). The molecule has 1 N–H and O–H groups in total. The lowest BCUT2D eigenvalue weighted by molar-refractivity contribution is -0.386. The maximum Gasteiger partial charge on any atom is 0.312 e. The number of amides is 1. The second kappa shape index (κ2) is 7.23. The molecular weight excluding hydrogens is 324 g/mol. The van der Waals surface area contributed by atoms with Crippen molar-refractivity contribution in [3.8, 4) is 0 Å². The summed E-state index contributed by atoms with van der Waals surface area (Å²) < 4.78 is 3.12. The molecular formula is C13H17ClN6O3. The van der Waals surface area contributed by atoms with E-state index in [-0.39, 0.29) is 18.0 Å². The summed E-state index contributed by atoms with van der Waals surface area (Å²) in [5.41, 5.74) is 0.870. The van der Waals surface area contributed by atoms with Crippen LogP contribution in [0.15, 0.2) is 12.4 Å². The van der Waals surface area contributed by atoms with Crippen LogP contribution in [-0.4, -0.2) is 36.9 Å². The minimum absolute atomic E-state index is 0.0203. The van der Waals surface area contributed by atoms with Crippen molar-refractivity contribution in [2.75, 3.05) is 6.54 Å². The van der Waals surface area contributed by atoms with Gasteiger partial charge >= 0.3 is 5.69 Å². The Bertz CT molecular complexity index is 723. The first-order chi connectivity index (χ1) is 10.9. The highest BCUT2D eigenvalue weighted by Gasteiger charge is 2.21. The maximum absolute atomic E-state index is 11.8. The number of carbonyl (C=O) groups is 1. The zero-order valence-corrected chi connectivity index (χ0v) is 13.6. The summed E-state index contributed by atoms with van der Waals surface area (Å²) >= 11 is 5.74. The van der Waals surface area contributed by atoms with Crippen molar-refractivity contribution in [1.29, 1.82) is 0 Å². The van der Waals surface area contributed by atoms with E-state index in [0.29, 0.717) is 36.0 Å². The highest BCUT2D eigenvalue weighted by atomic mass is 35.5. The Hall–Kier alpha value is -2.42. The molecule has 0 spiro atoms. The van der Waals surface area contributed by atoms with E-state index >= 15 is 0 Å². The van der Waals surface area contributed by atoms with Crippen LogP contribution in [0.1, 0.15) is 17.8 Å². The first-order valence-corrected chi connectivity index (χ1v) is 7.39. The molecule has 2 aromatic rings. The fraction of sp³-hybridized carbons (Fsp3) is 0.462. The van der Waals surface area contributed by atoms with Gasteiger partial charge in [-0.3, -0.25) is 24.3 Å². The predicted molar refractivity (Wildman–Crippen MR) is 83.2 cm³/mol. The molecule has 2 aromatic heterocycles. The van der Waals surface area contributed by atoms with Crippen LogP contribution in [0.5, 0.6) is 0 Å². The molecule has 124 valence electrons. The Morgan fingerprint density at radius 2 is 2.17 bits per heavy atom. The Balaban J connectivity index is 1.79. The normalized spacial score (nSPS) is 10.7. The molecule has 0 radical (unpaired) electrons. The van der Waals surface area contributed by atoms with Crippen LogP contribution >= 0.6 is 11.6 Å². The number of halogens is 1. The molecule has 1 amide bonds. The lowest BCUT2D eigenvalue weighted by atomic mass is 10.3. The van der Waals surface area contributed by atoms with Crippen molar-refractivity contribution in [2.24, 2.45) is 0 Å². The van der Waals surface area contributed by atoms with Gasteiger partial charge in [0, 0.05) is 25.7 Å². The highest BCUT2D eigenvalue weighted by molar-refractivity contribution is 6.30. The number of rotatable bonds is 7. The topological polar surface area (TPSA) is 108 Å². The standard InChI is InChI=1S/C13H17ClN6O3/c1-9-13(20(22)23)10(2)19(17-9)6-4-15-12(21)3-5-18-8-11(14)7-16-18/h7-8H,3-6H2,1-2H3,(H,15,21). The summed E-state index contributed by atoms with van der Waals surface area (Å²) in [6, 6.07) is 0. The Morgan fingerprint density at radius 1 is 1.43 bits per heavy atom. The molecule has 0 fully saturated rings. The van der Waals surface area contributed by atoms with Crippen LogP contribution in [0.25, 0.3) is 0 Å². The average molecular weight is 341 g/mol. The van der Waals surface area contributed by atoms with Gasteiger partial charge in [-0.25, -0.2) is 0 Å². The smallest absolute Gasteiger partial charge is 0.312 e. The van der Waals surface area contributed by atoms with E-state index in [2.05, 4.69) is 15.5 Å². The SMILES string of the molecule is Cc1nn(CCNC(=O)CCn2cc(Cl)cn2)c(C)c1[N+](=O)[O-]. The zero-order valence-electron chi connectivity index (χ0n) is 12.8. The van der Waals surface area contributed by atoms with Gasteiger partial charge in [0.25, 0.3) is 0 Å². The van der Waals surface area contributed by atoms with Crippen molar-refractivity contribution >= 4 is 23.2 Å². The third kappa shape index (κ3) is 4.28. The lowest BCUT2D eigenvalue weighted by Crippen LogP contribution is -2.28. The van der Waals surface area contributed by atoms with Gasteiger partial charge in [-0.1, -0.05) is 11.6 Å². The van der Waals surface area contributed by atoms with Gasteiger partial charge in [-0.05, 0) is 13.8 Å². The number of carbonyl (C=O) groups excluding carboxylic acids is 1. The van der Waals surface area contributed by atoms with E-state index < -0.39 is 4.92 Å². The van der Waals surface area contributed by atoms with Crippen LogP contribution in [0.2, 0.25) is 5.02 Å². The molecule has 23 heavy (non-hydrogen) atoms. The van der Waals surface area contributed by atoms with Crippen molar-refractivity contribution in [2.45, 2.75) is 33.4 Å². The number of aromatic nitrogens is 4. The fourth-order valence-corrected chi connectivity index (χ4v) is 2.39. The van der Waals surface area contributed by atoms with Gasteiger partial charge in [0.2, 0.25) is 5.91 Å². The molecule has 0 saturated carbocycles. The largest absolute Gasteiger partial charge is 0.354 e. The van der Waals surface area contributed by atoms with Crippen molar-refractivity contribution in [3.05, 3.63) is 38.9 Å². The van der Waals surface area contributed by atoms with E-state index in [1.165, 1.54) is 10.9 Å². The summed E-state index contributed by atoms with van der Waals surface area (Å²) in [5.74, 6) is -0.132. The van der Waals surface area contributed by atoms with Gasteiger partial charge in [0.05, 0.1) is 22.7 Å². The minimum atomic E-state index is -0.442. The molecule has 0 atom stereocenters. The van der Waals surface area contributed by atoms with Gasteiger partial charge in [-0.15, -0.1) is 0 Å². The van der Waals surface area contributed by atoms with Crippen molar-refractivity contribution < 1.29 is 9.72 Å². The van der Waals surface area contributed by atoms with Gasteiger partial charge in [0.15, 0.2) is 0 Å². The van der Waals surface area contributed by atoms with Crippen molar-refractivity contribution in [3.63, 3.8) is 0 Å². The molecule has 0 saturated heterocycles. The molecule has 0 bridgehead atoms. The summed E-state index contributed by atoms with van der Waals surface area (Å²) in [4.78, 5) is 22.2. The predicted octanol–water partition coefficient (Wildman–Crippen LogP) is 1.46. The molecule has 10 heteroatoms. The number of nitrogens with one attached hydrogen (secondary N) is 1. The Morgan fingerprint density at radius 3 is 2.74 bits per heavy atom. The second-order valence-electron chi connectivity index (χ2n) is 5.02. The maximum atomic E-state index is 11.8. The Kier molecular flexibility index (Phi) is 5.32. The van der Waals surface area contributed by atoms with E-state index in [4.69, 9.17) is 11.6 Å². The molecule has 0 aliphatic rings. The van der Waals surface area contributed by atoms with Crippen LogP contribution in [0.4, 0.5) is 5.69 Å². The highest BCUT2D eigenvalue weighted by Crippen LogP contribution is 2.21. The van der Waals surface area contributed by atoms with Gasteiger partial charge in [0.1, 0.15) is 11.4 Å². The second-order valence-corrected chi connectivity index (χ2v) is 5.46.